The minimum absolute atomic E-state index is 0.202. The van der Waals surface area contributed by atoms with Gasteiger partial charge >= 0.3 is 0 Å². The summed E-state index contributed by atoms with van der Waals surface area (Å²) in [6, 6.07) is 7.11. The highest BCUT2D eigenvalue weighted by atomic mass is 16.2. The number of rotatable bonds is 5. The van der Waals surface area contributed by atoms with Crippen LogP contribution in [-0.4, -0.2) is 30.9 Å². The van der Waals surface area contributed by atoms with E-state index in [-0.39, 0.29) is 16.9 Å². The summed E-state index contributed by atoms with van der Waals surface area (Å²) in [5.41, 5.74) is 1.28. The molecule has 4 rings (SSSR count). The number of hydrogen-bond acceptors (Lipinski definition) is 9. The van der Waals surface area contributed by atoms with Gasteiger partial charge in [-0.25, -0.2) is 4.98 Å². The smallest absolute Gasteiger partial charge is 0.253 e. The Balaban J connectivity index is 1.55. The van der Waals surface area contributed by atoms with E-state index < -0.39 is 10.9 Å². The average Bonchev–Trinajstić information content (AvgIpc) is 3.11. The third kappa shape index (κ3) is 3.39. The van der Waals surface area contributed by atoms with Crippen LogP contribution in [0, 0.1) is 0 Å². The molecule has 0 aliphatic carbocycles. The summed E-state index contributed by atoms with van der Waals surface area (Å²) in [6.07, 6.45) is 1.55. The van der Waals surface area contributed by atoms with Gasteiger partial charge in [0.25, 0.3) is 10.9 Å². The molecule has 2 aromatic heterocycles. The zero-order valence-electron chi connectivity index (χ0n) is 15.5. The number of hydrogen-bond donors (Lipinski definition) is 4. The van der Waals surface area contributed by atoms with Crippen molar-refractivity contribution in [3.63, 3.8) is 0 Å². The average molecular weight is 378 g/mol. The molecule has 0 aliphatic rings. The second-order valence-corrected chi connectivity index (χ2v) is 7.34. The Morgan fingerprint density at radius 3 is 2.57 bits per heavy atom. The van der Waals surface area contributed by atoms with E-state index in [1.807, 2.05) is 39.0 Å². The molecule has 0 amide bonds. The number of nitrogens with zero attached hydrogens (tertiary/aromatic N) is 4. The first kappa shape index (κ1) is 17.6. The molecule has 28 heavy (non-hydrogen) atoms. The highest BCUT2D eigenvalue weighted by molar-refractivity contribution is 5.80. The summed E-state index contributed by atoms with van der Waals surface area (Å²) in [7, 11) is 0. The first-order valence-electron chi connectivity index (χ1n) is 8.59. The Bertz CT molecular complexity index is 1230. The molecule has 0 spiro atoms. The third-order valence-electron chi connectivity index (χ3n) is 3.90. The number of aromatic amines is 1. The molecule has 2 aromatic carbocycles. The highest BCUT2D eigenvalue weighted by Gasteiger charge is 2.25. The van der Waals surface area contributed by atoms with Gasteiger partial charge in [-0.2, -0.15) is 4.98 Å². The fourth-order valence-corrected chi connectivity index (χ4v) is 2.67. The molecule has 0 radical (unpaired) electrons. The Morgan fingerprint density at radius 1 is 1.00 bits per heavy atom. The Labute approximate surface area is 159 Å². The van der Waals surface area contributed by atoms with E-state index in [1.54, 1.807) is 12.3 Å². The Kier molecular flexibility index (Phi) is 4.03. The summed E-state index contributed by atoms with van der Waals surface area (Å²) in [6.45, 7) is 5.73. The lowest BCUT2D eigenvalue weighted by atomic mass is 10.1. The van der Waals surface area contributed by atoms with Crippen LogP contribution < -0.4 is 26.8 Å². The van der Waals surface area contributed by atoms with Crippen LogP contribution in [0.4, 0.5) is 28.8 Å². The molecule has 0 unspecified atom stereocenters. The van der Waals surface area contributed by atoms with Crippen molar-refractivity contribution in [2.24, 2.45) is 0 Å². The fourth-order valence-electron chi connectivity index (χ4n) is 2.67. The van der Waals surface area contributed by atoms with Gasteiger partial charge in [0.1, 0.15) is 22.7 Å². The van der Waals surface area contributed by atoms with Crippen molar-refractivity contribution in [2.75, 3.05) is 16.0 Å². The quantitative estimate of drug-likeness (QED) is 0.384. The number of H-pyrrole nitrogens is 1. The van der Waals surface area contributed by atoms with E-state index >= 15 is 0 Å². The van der Waals surface area contributed by atoms with Crippen molar-refractivity contribution in [2.45, 2.75) is 26.3 Å². The predicted molar refractivity (Wildman–Crippen MR) is 107 cm³/mol. The van der Waals surface area contributed by atoms with E-state index in [0.29, 0.717) is 17.3 Å². The van der Waals surface area contributed by atoms with Crippen LogP contribution in [0.25, 0.3) is 11.0 Å². The van der Waals surface area contributed by atoms with E-state index in [9.17, 15) is 9.59 Å². The van der Waals surface area contributed by atoms with Crippen LogP contribution in [0.1, 0.15) is 20.8 Å². The van der Waals surface area contributed by atoms with Crippen LogP contribution >= 0.6 is 0 Å². The van der Waals surface area contributed by atoms with Gasteiger partial charge in [-0.15, -0.1) is 5.10 Å². The number of fused-ring (bicyclic) bond motifs is 1. The summed E-state index contributed by atoms with van der Waals surface area (Å²) in [4.78, 5) is 32.3. The van der Waals surface area contributed by atoms with E-state index in [2.05, 4.69) is 41.3 Å². The van der Waals surface area contributed by atoms with Crippen LogP contribution in [0.5, 0.6) is 0 Å². The molecular formula is C18H18N8O2. The first-order chi connectivity index (χ1) is 13.3. The largest absolute Gasteiger partial charge is 0.375 e. The van der Waals surface area contributed by atoms with Crippen molar-refractivity contribution in [1.82, 2.24) is 25.4 Å². The summed E-state index contributed by atoms with van der Waals surface area (Å²) in [5, 5.41) is 19.5. The molecule has 0 atom stereocenters. The Morgan fingerprint density at radius 2 is 1.79 bits per heavy atom. The minimum Gasteiger partial charge on any atom is -0.375 e. The molecule has 10 heteroatoms. The molecule has 0 bridgehead atoms. The number of benzene rings is 1. The van der Waals surface area contributed by atoms with Crippen molar-refractivity contribution in [1.29, 1.82) is 0 Å². The normalized spacial score (nSPS) is 11.7. The topological polar surface area (TPSA) is 138 Å². The molecule has 10 nitrogen and oxygen atoms in total. The monoisotopic (exact) mass is 378 g/mol. The lowest BCUT2D eigenvalue weighted by Gasteiger charge is -2.24. The summed E-state index contributed by atoms with van der Waals surface area (Å²) in [5.74, 6) is 0.723. The zero-order chi connectivity index (χ0) is 19.9. The van der Waals surface area contributed by atoms with Crippen molar-refractivity contribution >= 4 is 39.9 Å². The Hall–Kier alpha value is -3.82. The van der Waals surface area contributed by atoms with Gasteiger partial charge < -0.3 is 16.0 Å². The SMILES string of the molecule is CC(C)(C)Nc1c(Nc2ccnc(Nc3ccc4[nH]nnc4c3)n2)c(=O)c1=O. The molecule has 0 aliphatic heterocycles. The van der Waals surface area contributed by atoms with Crippen LogP contribution in [-0.2, 0) is 0 Å². The number of aromatic nitrogens is 5. The minimum atomic E-state index is -0.573. The number of nitrogens with one attached hydrogen (secondary N) is 4. The lowest BCUT2D eigenvalue weighted by molar-refractivity contribution is 0.632. The second-order valence-electron chi connectivity index (χ2n) is 7.34. The van der Waals surface area contributed by atoms with Crippen molar-refractivity contribution in [3.8, 4) is 0 Å². The third-order valence-corrected chi connectivity index (χ3v) is 3.90. The predicted octanol–water partition coefficient (Wildman–Crippen LogP) is 2.04. The van der Waals surface area contributed by atoms with Crippen LogP contribution in [0.15, 0.2) is 40.1 Å². The standard InChI is InChI=1S/C18H18N8O2/c1-18(2,3)23-14-13(15(27)16(14)28)21-12-6-7-19-17(22-12)20-9-4-5-10-11(8-9)25-26-24-10/h4-8,23H,1-3H3,(H,24,25,26)(H2,19,20,21,22). The zero-order valence-corrected chi connectivity index (χ0v) is 15.5. The molecule has 4 N–H and O–H groups in total. The van der Waals surface area contributed by atoms with Gasteiger partial charge in [-0.05, 0) is 45.0 Å². The molecule has 0 saturated heterocycles. The fraction of sp³-hybridized carbons (Fsp3) is 0.222. The van der Waals surface area contributed by atoms with Gasteiger partial charge in [0.2, 0.25) is 5.95 Å². The van der Waals surface area contributed by atoms with Gasteiger partial charge in [-0.3, -0.25) is 14.7 Å². The van der Waals surface area contributed by atoms with Crippen molar-refractivity contribution < 1.29 is 0 Å². The molecule has 2 heterocycles. The maximum atomic E-state index is 12.0. The molecule has 0 fully saturated rings. The maximum Gasteiger partial charge on any atom is 0.253 e. The van der Waals surface area contributed by atoms with Gasteiger partial charge in [0.05, 0.1) is 5.52 Å². The molecular weight excluding hydrogens is 360 g/mol. The second kappa shape index (κ2) is 6.41. The van der Waals surface area contributed by atoms with Crippen molar-refractivity contribution in [3.05, 3.63) is 50.9 Å². The van der Waals surface area contributed by atoms with Gasteiger partial charge in [0.15, 0.2) is 0 Å². The van der Waals surface area contributed by atoms with E-state index in [4.69, 9.17) is 0 Å². The molecule has 4 aromatic rings. The maximum absolute atomic E-state index is 12.0. The van der Waals surface area contributed by atoms with E-state index in [0.717, 1.165) is 11.2 Å². The van der Waals surface area contributed by atoms with E-state index in [1.165, 1.54) is 0 Å². The molecule has 142 valence electrons. The summed E-state index contributed by atoms with van der Waals surface area (Å²) >= 11 is 0. The molecule has 0 saturated carbocycles. The number of anilines is 5. The summed E-state index contributed by atoms with van der Waals surface area (Å²) < 4.78 is 0. The van der Waals surface area contributed by atoms with Gasteiger partial charge in [0, 0.05) is 17.4 Å². The van der Waals surface area contributed by atoms with Crippen LogP contribution in [0.2, 0.25) is 0 Å². The highest BCUT2D eigenvalue weighted by Crippen LogP contribution is 2.23. The van der Waals surface area contributed by atoms with Crippen LogP contribution in [0.3, 0.4) is 0 Å². The lowest BCUT2D eigenvalue weighted by Crippen LogP contribution is -2.41. The van der Waals surface area contributed by atoms with Gasteiger partial charge in [-0.1, -0.05) is 5.21 Å². The first-order valence-corrected chi connectivity index (χ1v) is 8.59.